The van der Waals surface area contributed by atoms with Crippen LogP contribution in [0.15, 0.2) is 18.3 Å². The molecule has 0 bridgehead atoms. The monoisotopic (exact) mass is 301 g/mol. The summed E-state index contributed by atoms with van der Waals surface area (Å²) >= 11 is 0. The number of rotatable bonds is 1. The van der Waals surface area contributed by atoms with E-state index in [1.807, 2.05) is 0 Å². The van der Waals surface area contributed by atoms with Crippen molar-refractivity contribution in [3.63, 3.8) is 0 Å². The predicted molar refractivity (Wildman–Crippen MR) is 67.5 cm³/mol. The Morgan fingerprint density at radius 3 is 2.81 bits per heavy atom. The van der Waals surface area contributed by atoms with Crippen LogP contribution in [-0.4, -0.2) is 39.3 Å². The Morgan fingerprint density at radius 2 is 2.19 bits per heavy atom. The van der Waals surface area contributed by atoms with Gasteiger partial charge in [-0.1, -0.05) is 0 Å². The van der Waals surface area contributed by atoms with E-state index in [0.29, 0.717) is 13.0 Å². The number of hydrogen-bond donors (Lipinski definition) is 1. The molecule has 2 aliphatic heterocycles. The molecule has 3 heterocycles. The minimum atomic E-state index is -4.52. The zero-order valence-electron chi connectivity index (χ0n) is 11.3. The molecule has 2 amide bonds. The molecule has 2 aliphatic rings. The highest BCUT2D eigenvalue weighted by Crippen LogP contribution is 2.42. The van der Waals surface area contributed by atoms with Crippen molar-refractivity contribution in [1.82, 2.24) is 9.88 Å². The molecule has 0 spiro atoms. The van der Waals surface area contributed by atoms with Crippen molar-refractivity contribution in [3.8, 4) is 0 Å². The molecule has 8 heteroatoms. The van der Waals surface area contributed by atoms with Gasteiger partial charge in [0.25, 0.3) is 0 Å². The molecule has 1 N–H and O–H groups in total. The molecule has 21 heavy (non-hydrogen) atoms. The number of amides is 2. The summed E-state index contributed by atoms with van der Waals surface area (Å²) in [6.45, 7) is 2.22. The second-order valence-corrected chi connectivity index (χ2v) is 5.54. The van der Waals surface area contributed by atoms with Crippen molar-refractivity contribution in [1.29, 1.82) is 0 Å². The van der Waals surface area contributed by atoms with Crippen molar-refractivity contribution < 1.29 is 23.1 Å². The number of fused-ring (bicyclic) bond motifs is 1. The highest BCUT2D eigenvalue weighted by molar-refractivity contribution is 5.95. The van der Waals surface area contributed by atoms with Crippen LogP contribution in [0.4, 0.5) is 23.8 Å². The number of nitrogens with zero attached hydrogens (tertiary/aromatic N) is 3. The van der Waals surface area contributed by atoms with Crippen LogP contribution in [0.2, 0.25) is 0 Å². The van der Waals surface area contributed by atoms with E-state index in [4.69, 9.17) is 0 Å². The van der Waals surface area contributed by atoms with Crippen molar-refractivity contribution in [2.24, 2.45) is 0 Å². The van der Waals surface area contributed by atoms with Gasteiger partial charge in [0, 0.05) is 12.7 Å². The molecule has 2 fully saturated rings. The average molecular weight is 301 g/mol. The lowest BCUT2D eigenvalue weighted by atomic mass is 9.98. The zero-order chi connectivity index (χ0) is 15.4. The van der Waals surface area contributed by atoms with Crippen molar-refractivity contribution in [2.75, 3.05) is 11.4 Å². The molecular formula is C13H14F3N3O2. The van der Waals surface area contributed by atoms with Gasteiger partial charge in [0.1, 0.15) is 5.82 Å². The fourth-order valence-corrected chi connectivity index (χ4v) is 3.03. The Hall–Kier alpha value is -1.83. The van der Waals surface area contributed by atoms with Crippen molar-refractivity contribution in [2.45, 2.75) is 37.7 Å². The van der Waals surface area contributed by atoms with Gasteiger partial charge in [-0.25, -0.2) is 14.7 Å². The lowest BCUT2D eigenvalue weighted by Crippen LogP contribution is -2.45. The summed E-state index contributed by atoms with van der Waals surface area (Å²) in [5, 5.41) is 10.4. The smallest absolute Gasteiger partial charge is 0.371 e. The maximum absolute atomic E-state index is 12.8. The lowest BCUT2D eigenvalue weighted by molar-refractivity contribution is -0.137. The number of carbonyl (C=O) groups excluding carboxylic acids is 1. The number of aliphatic hydroxyl groups is 1. The largest absolute Gasteiger partial charge is 0.416 e. The summed E-state index contributed by atoms with van der Waals surface area (Å²) in [7, 11) is 0. The first kappa shape index (κ1) is 14.1. The summed E-state index contributed by atoms with van der Waals surface area (Å²) in [4.78, 5) is 18.6. The Bertz CT molecular complexity index is 592. The second-order valence-electron chi connectivity index (χ2n) is 5.54. The van der Waals surface area contributed by atoms with Gasteiger partial charge in [0.05, 0.1) is 11.1 Å². The maximum atomic E-state index is 12.8. The fraction of sp³-hybridized carbons (Fsp3) is 0.538. The quantitative estimate of drug-likeness (QED) is 0.865. The van der Waals surface area contributed by atoms with Gasteiger partial charge < -0.3 is 10.0 Å². The normalized spacial score (nSPS) is 29.2. The molecule has 0 saturated carbocycles. The van der Waals surface area contributed by atoms with E-state index < -0.39 is 29.5 Å². The Labute approximate surface area is 119 Å². The zero-order valence-corrected chi connectivity index (χ0v) is 11.3. The maximum Gasteiger partial charge on any atom is 0.416 e. The number of hydrogen-bond acceptors (Lipinski definition) is 3. The molecular weight excluding hydrogens is 287 g/mol. The predicted octanol–water partition coefficient (Wildman–Crippen LogP) is 2.21. The number of pyridine rings is 1. The Kier molecular flexibility index (Phi) is 2.91. The first-order valence-electron chi connectivity index (χ1n) is 6.57. The molecule has 0 aliphatic carbocycles. The van der Waals surface area contributed by atoms with Crippen LogP contribution in [0.3, 0.4) is 0 Å². The number of urea groups is 1. The molecule has 0 radical (unpaired) electrons. The lowest BCUT2D eigenvalue weighted by Gasteiger charge is -2.29. The number of aliphatic hydroxyl groups excluding tert-OH is 1. The molecule has 3 rings (SSSR count). The summed E-state index contributed by atoms with van der Waals surface area (Å²) in [6, 6.07) is 1.11. The van der Waals surface area contributed by atoms with Gasteiger partial charge in [-0.05, 0) is 31.9 Å². The van der Waals surface area contributed by atoms with Gasteiger partial charge in [0.15, 0.2) is 6.23 Å². The standard InChI is InChI=1S/C13H14F3N3O2/c1-12-4-2-6-18(12)11(21)19(10(12)20)9-7-8(3-5-17-9)13(14,15)16/h3,5,7,10,20H,2,4,6H2,1H3/t10?,12-/m1/s1. The number of carbonyl (C=O) groups is 1. The first-order chi connectivity index (χ1) is 9.75. The summed E-state index contributed by atoms with van der Waals surface area (Å²) in [5.74, 6) is -0.182. The Morgan fingerprint density at radius 1 is 1.48 bits per heavy atom. The van der Waals surface area contributed by atoms with E-state index in [9.17, 15) is 23.1 Å². The third kappa shape index (κ3) is 1.97. The highest BCUT2D eigenvalue weighted by atomic mass is 19.4. The summed E-state index contributed by atoms with van der Waals surface area (Å²) in [6.07, 6.45) is -3.36. The van der Waals surface area contributed by atoms with Crippen LogP contribution in [0.25, 0.3) is 0 Å². The molecule has 1 aromatic rings. The number of alkyl halides is 3. The SMILES string of the molecule is C[C@]12CCCN1C(=O)N(c1cc(C(F)(F)F)ccn1)C2O. The van der Waals surface area contributed by atoms with Gasteiger partial charge in [-0.3, -0.25) is 0 Å². The van der Waals surface area contributed by atoms with Crippen LogP contribution in [0, 0.1) is 0 Å². The van der Waals surface area contributed by atoms with Crippen LogP contribution in [0.1, 0.15) is 25.3 Å². The molecule has 114 valence electrons. The Balaban J connectivity index is 2.00. The van der Waals surface area contributed by atoms with Crippen molar-refractivity contribution >= 4 is 11.8 Å². The third-order valence-electron chi connectivity index (χ3n) is 4.24. The van der Waals surface area contributed by atoms with Crippen LogP contribution in [-0.2, 0) is 6.18 Å². The van der Waals surface area contributed by atoms with Gasteiger partial charge in [0.2, 0.25) is 0 Å². The van der Waals surface area contributed by atoms with Crippen molar-refractivity contribution in [3.05, 3.63) is 23.9 Å². The van der Waals surface area contributed by atoms with Gasteiger partial charge >= 0.3 is 12.2 Å². The van der Waals surface area contributed by atoms with E-state index in [-0.39, 0.29) is 5.82 Å². The van der Waals surface area contributed by atoms with E-state index in [2.05, 4.69) is 4.98 Å². The summed E-state index contributed by atoms with van der Waals surface area (Å²) < 4.78 is 38.3. The van der Waals surface area contributed by atoms with Gasteiger partial charge in [-0.15, -0.1) is 0 Å². The highest BCUT2D eigenvalue weighted by Gasteiger charge is 2.57. The average Bonchev–Trinajstić information content (AvgIpc) is 2.88. The molecule has 0 aromatic carbocycles. The summed E-state index contributed by atoms with van der Waals surface area (Å²) in [5.41, 5.74) is -1.67. The minimum Gasteiger partial charge on any atom is -0.371 e. The van der Waals surface area contributed by atoms with E-state index >= 15 is 0 Å². The topological polar surface area (TPSA) is 56.7 Å². The van der Waals surface area contributed by atoms with E-state index in [1.54, 1.807) is 6.92 Å². The minimum absolute atomic E-state index is 0.182. The van der Waals surface area contributed by atoms with E-state index in [0.717, 1.165) is 29.7 Å². The fourth-order valence-electron chi connectivity index (χ4n) is 3.03. The number of halogens is 3. The van der Waals surface area contributed by atoms with Crippen LogP contribution < -0.4 is 4.90 Å². The van der Waals surface area contributed by atoms with Crippen LogP contribution >= 0.6 is 0 Å². The molecule has 5 nitrogen and oxygen atoms in total. The number of anilines is 1. The number of aromatic nitrogens is 1. The molecule has 2 atom stereocenters. The second kappa shape index (κ2) is 4.33. The third-order valence-corrected chi connectivity index (χ3v) is 4.24. The first-order valence-corrected chi connectivity index (χ1v) is 6.57. The van der Waals surface area contributed by atoms with E-state index in [1.165, 1.54) is 4.90 Å². The van der Waals surface area contributed by atoms with Gasteiger partial charge in [-0.2, -0.15) is 13.2 Å². The molecule has 1 unspecified atom stereocenters. The molecule has 1 aromatic heterocycles. The van der Waals surface area contributed by atoms with Crippen LogP contribution in [0.5, 0.6) is 0 Å². The molecule has 2 saturated heterocycles.